The van der Waals surface area contributed by atoms with Crippen LogP contribution in [0, 0.1) is 5.41 Å². The highest BCUT2D eigenvalue weighted by Gasteiger charge is 2.47. The quantitative estimate of drug-likeness (QED) is 0.756. The van der Waals surface area contributed by atoms with E-state index in [1.165, 1.54) is 0 Å². The van der Waals surface area contributed by atoms with Gasteiger partial charge in [-0.3, -0.25) is 0 Å². The number of aliphatic hydroxyl groups is 1. The average molecular weight is 232 g/mol. The van der Waals surface area contributed by atoms with Gasteiger partial charge in [-0.2, -0.15) is 0 Å². The second kappa shape index (κ2) is 4.24. The fourth-order valence-corrected chi connectivity index (χ4v) is 2.89. The van der Waals surface area contributed by atoms with E-state index in [1.54, 1.807) is 0 Å². The average Bonchev–Trinajstić information content (AvgIpc) is 2.25. The van der Waals surface area contributed by atoms with E-state index in [-0.39, 0.29) is 23.7 Å². The van der Waals surface area contributed by atoms with Crippen molar-refractivity contribution in [2.24, 2.45) is 5.41 Å². The Kier molecular flexibility index (Phi) is 3.75. The van der Waals surface area contributed by atoms with Crippen LogP contribution < -0.4 is 0 Å². The van der Waals surface area contributed by atoms with Crippen LogP contribution in [0.5, 0.6) is 0 Å². The topological polar surface area (TPSA) is 29.5 Å². The molecule has 0 aromatic rings. The Morgan fingerprint density at radius 3 is 2.27 bits per heavy atom. The lowest BCUT2D eigenvalue weighted by Crippen LogP contribution is -2.34. The Bertz CT molecular complexity index is 267. The van der Waals surface area contributed by atoms with Crippen LogP contribution >= 0.6 is 6.89 Å². The Labute approximate surface area is 94.0 Å². The molecule has 0 aliphatic carbocycles. The minimum atomic E-state index is -0.997. The van der Waals surface area contributed by atoms with Gasteiger partial charge < -0.3 is 9.84 Å². The minimum Gasteiger partial charge on any atom is -0.390 e. The largest absolute Gasteiger partial charge is 0.390 e. The maximum atomic E-state index is 10.2. The summed E-state index contributed by atoms with van der Waals surface area (Å²) in [6, 6.07) is 0. The van der Waals surface area contributed by atoms with Gasteiger partial charge in [0.05, 0.1) is 18.3 Å². The predicted octanol–water partition coefficient (Wildman–Crippen LogP) is 2.26. The maximum Gasteiger partial charge on any atom is 0.0877 e. The van der Waals surface area contributed by atoms with Crippen molar-refractivity contribution in [2.75, 3.05) is 19.5 Å². The van der Waals surface area contributed by atoms with Crippen LogP contribution in [0.4, 0.5) is 0 Å². The Morgan fingerprint density at radius 1 is 1.40 bits per heavy atom. The first kappa shape index (κ1) is 13.3. The van der Waals surface area contributed by atoms with Crippen molar-refractivity contribution in [1.82, 2.24) is 0 Å². The fraction of sp³-hybridized carbons (Fsp3) is 0.917. The van der Waals surface area contributed by atoms with E-state index in [4.69, 9.17) is 4.74 Å². The zero-order valence-corrected chi connectivity index (χ0v) is 11.6. The zero-order chi connectivity index (χ0) is 11.9. The second-order valence-corrected chi connectivity index (χ2v) is 10.3. The molecule has 2 nitrogen and oxygen atoms in total. The summed E-state index contributed by atoms with van der Waals surface area (Å²) in [5.74, 6) is 0. The van der Waals surface area contributed by atoms with Crippen molar-refractivity contribution >= 4 is 13.2 Å². The van der Waals surface area contributed by atoms with Gasteiger partial charge in [-0.25, -0.2) is 0 Å². The molecule has 1 rings (SSSR count). The summed E-state index contributed by atoms with van der Waals surface area (Å²) in [4.78, 5) is 0. The Hall–Kier alpha value is 0.220. The number of ether oxygens (including phenoxy) is 1. The third-order valence-electron chi connectivity index (χ3n) is 3.56. The molecule has 0 saturated carbocycles. The first-order chi connectivity index (χ1) is 6.64. The molecule has 3 heteroatoms. The molecular weight excluding hydrogens is 207 g/mol. The highest BCUT2D eigenvalue weighted by molar-refractivity contribution is 7.72. The molecule has 1 aliphatic heterocycles. The van der Waals surface area contributed by atoms with Gasteiger partial charge in [0.1, 0.15) is 0 Å². The van der Waals surface area contributed by atoms with Crippen LogP contribution in [0.1, 0.15) is 27.2 Å². The van der Waals surface area contributed by atoms with Crippen LogP contribution in [0.3, 0.4) is 0 Å². The number of hydrogen-bond donors (Lipinski definition) is 1. The number of hydrogen-bond acceptors (Lipinski definition) is 2. The molecule has 3 atom stereocenters. The van der Waals surface area contributed by atoms with Gasteiger partial charge in [-0.05, 0) is 32.8 Å². The van der Waals surface area contributed by atoms with Gasteiger partial charge in [0.2, 0.25) is 0 Å². The summed E-state index contributed by atoms with van der Waals surface area (Å²) < 4.78 is 5.82. The van der Waals surface area contributed by atoms with Crippen LogP contribution in [0.25, 0.3) is 0 Å². The summed E-state index contributed by atoms with van der Waals surface area (Å²) in [7, 11) is 0. The van der Waals surface area contributed by atoms with Crippen LogP contribution in [0.2, 0.25) is 0 Å². The van der Waals surface area contributed by atoms with Gasteiger partial charge in [0, 0.05) is 5.41 Å². The number of rotatable bonds is 3. The maximum absolute atomic E-state index is 10.2. The molecule has 1 fully saturated rings. The molecular formula is C12H25O2P. The normalized spacial score (nSPS) is 35.7. The van der Waals surface area contributed by atoms with E-state index < -0.39 is 6.89 Å². The highest BCUT2D eigenvalue weighted by atomic mass is 31.2. The van der Waals surface area contributed by atoms with Crippen molar-refractivity contribution in [3.63, 3.8) is 0 Å². The summed E-state index contributed by atoms with van der Waals surface area (Å²) in [5.41, 5.74) is -0.117. The second-order valence-electron chi connectivity index (χ2n) is 6.03. The van der Waals surface area contributed by atoms with E-state index in [0.717, 1.165) is 12.6 Å². The summed E-state index contributed by atoms with van der Waals surface area (Å²) in [5, 5.41) is 10.2. The summed E-state index contributed by atoms with van der Waals surface area (Å²) >= 11 is 0. The molecule has 0 spiro atoms. The van der Waals surface area contributed by atoms with Crippen LogP contribution in [-0.2, 0) is 4.74 Å². The Morgan fingerprint density at radius 2 is 1.93 bits per heavy atom. The Balaban J connectivity index is 2.57. The molecule has 0 radical (unpaired) electrons. The van der Waals surface area contributed by atoms with E-state index in [0.29, 0.717) is 0 Å². The molecule has 90 valence electrons. The third kappa shape index (κ3) is 3.09. The molecule has 0 unspecified atom stereocenters. The lowest BCUT2D eigenvalue weighted by molar-refractivity contribution is 0.0150. The SMILES string of the molecule is C=P(C)(C)CC[C@H]1O[C@@H](C)C(C)(C)[C@@H]1O. The first-order valence-electron chi connectivity index (χ1n) is 5.65. The molecule has 0 aromatic heterocycles. The molecule has 0 aromatic carbocycles. The van der Waals surface area contributed by atoms with Crippen molar-refractivity contribution in [3.8, 4) is 0 Å². The molecule has 15 heavy (non-hydrogen) atoms. The van der Waals surface area contributed by atoms with E-state index >= 15 is 0 Å². The fourth-order valence-electron chi connectivity index (χ4n) is 1.93. The number of aliphatic hydroxyl groups excluding tert-OH is 1. The third-order valence-corrected chi connectivity index (χ3v) is 5.03. The molecule has 1 saturated heterocycles. The molecule has 0 amide bonds. The zero-order valence-electron chi connectivity index (χ0n) is 10.7. The summed E-state index contributed by atoms with van der Waals surface area (Å²) in [6.45, 7) is 9.65. The lowest BCUT2D eigenvalue weighted by Gasteiger charge is -2.26. The minimum absolute atomic E-state index is 0.0102. The molecule has 1 heterocycles. The van der Waals surface area contributed by atoms with Crippen molar-refractivity contribution in [3.05, 3.63) is 0 Å². The standard InChI is InChI=1S/C12H25O2P/c1-9-12(2,3)11(13)10(14-9)7-8-15(4,5)6/h9-11,13H,4,7-8H2,1-3,5-6H3/t9-,10+,11+/m0/s1. The van der Waals surface area contributed by atoms with Crippen molar-refractivity contribution in [1.29, 1.82) is 0 Å². The molecule has 0 bridgehead atoms. The van der Waals surface area contributed by atoms with Crippen molar-refractivity contribution in [2.45, 2.75) is 45.5 Å². The van der Waals surface area contributed by atoms with Crippen LogP contribution in [0.15, 0.2) is 0 Å². The van der Waals surface area contributed by atoms with Gasteiger partial charge in [-0.1, -0.05) is 13.8 Å². The molecule has 1 aliphatic rings. The van der Waals surface area contributed by atoms with Crippen LogP contribution in [-0.4, -0.2) is 49.2 Å². The monoisotopic (exact) mass is 232 g/mol. The predicted molar refractivity (Wildman–Crippen MR) is 69.5 cm³/mol. The van der Waals surface area contributed by atoms with Gasteiger partial charge in [-0.15, -0.1) is 13.2 Å². The van der Waals surface area contributed by atoms with Gasteiger partial charge in [0.15, 0.2) is 0 Å². The van der Waals surface area contributed by atoms with E-state index in [2.05, 4.69) is 33.5 Å². The lowest BCUT2D eigenvalue weighted by atomic mass is 9.82. The smallest absolute Gasteiger partial charge is 0.0877 e. The van der Waals surface area contributed by atoms with Crippen molar-refractivity contribution < 1.29 is 9.84 Å². The van der Waals surface area contributed by atoms with Gasteiger partial charge in [0.25, 0.3) is 0 Å². The van der Waals surface area contributed by atoms with E-state index in [9.17, 15) is 5.11 Å². The van der Waals surface area contributed by atoms with E-state index in [1.807, 2.05) is 6.92 Å². The van der Waals surface area contributed by atoms with Gasteiger partial charge >= 0.3 is 0 Å². The first-order valence-corrected chi connectivity index (χ1v) is 8.71. The highest BCUT2D eigenvalue weighted by Crippen LogP contribution is 2.42. The summed E-state index contributed by atoms with van der Waals surface area (Å²) in [6.07, 6.45) is 6.04. The molecule has 1 N–H and O–H groups in total.